The molecule has 0 spiro atoms. The molecule has 1 aliphatic rings. The fourth-order valence-corrected chi connectivity index (χ4v) is 2.90. The second kappa shape index (κ2) is 7.40. The topological polar surface area (TPSA) is 101 Å². The van der Waals surface area contributed by atoms with Gasteiger partial charge in [0, 0.05) is 20.2 Å². The van der Waals surface area contributed by atoms with Gasteiger partial charge < -0.3 is 25.4 Å². The Morgan fingerprint density at radius 1 is 1.52 bits per heavy atom. The Morgan fingerprint density at radius 3 is 2.87 bits per heavy atom. The van der Waals surface area contributed by atoms with Gasteiger partial charge in [-0.25, -0.2) is 4.79 Å². The van der Waals surface area contributed by atoms with Crippen LogP contribution in [0, 0.1) is 11.3 Å². The Kier molecular flexibility index (Phi) is 5.53. The van der Waals surface area contributed by atoms with Crippen LogP contribution >= 0.6 is 11.6 Å². The number of nitriles is 1. The lowest BCUT2D eigenvalue weighted by Crippen LogP contribution is -2.55. The minimum Gasteiger partial charge on any atom is -0.453 e. The molecule has 0 saturated carbocycles. The molecular weight excluding hydrogens is 320 g/mol. The Bertz CT molecular complexity index is 632. The molecule has 124 valence electrons. The molecule has 1 fully saturated rings. The standard InChI is InChI=1S/C15H19ClN4O3/c1-22-13-8-20(4-3-11(13)19-15(21)23-2)12-6-9(7-17)5-10(18)14(12)16/h5-6,11,13H,3-4,8,18H2,1-2H3,(H,19,21)/t11-,13-/m1/s1. The molecule has 1 heterocycles. The van der Waals surface area contributed by atoms with Crippen molar-refractivity contribution in [1.82, 2.24) is 5.32 Å². The number of halogens is 1. The molecule has 1 aromatic carbocycles. The van der Waals surface area contributed by atoms with Crippen LogP contribution in [0.4, 0.5) is 16.2 Å². The molecular formula is C15H19ClN4O3. The van der Waals surface area contributed by atoms with Crippen molar-refractivity contribution in [2.45, 2.75) is 18.6 Å². The number of nitrogen functional groups attached to an aromatic ring is 1. The van der Waals surface area contributed by atoms with Crippen molar-refractivity contribution in [2.24, 2.45) is 0 Å². The Balaban J connectivity index is 2.20. The molecule has 0 unspecified atom stereocenters. The summed E-state index contributed by atoms with van der Waals surface area (Å²) in [6, 6.07) is 5.17. The van der Waals surface area contributed by atoms with Crippen molar-refractivity contribution in [1.29, 1.82) is 5.26 Å². The highest BCUT2D eigenvalue weighted by atomic mass is 35.5. The van der Waals surface area contributed by atoms with E-state index in [-0.39, 0.29) is 12.1 Å². The van der Waals surface area contributed by atoms with Gasteiger partial charge in [-0.05, 0) is 18.6 Å². The molecule has 2 rings (SSSR count). The molecule has 0 bridgehead atoms. The van der Waals surface area contributed by atoms with Crippen molar-refractivity contribution in [3.05, 3.63) is 22.7 Å². The molecule has 0 aromatic heterocycles. The Morgan fingerprint density at radius 2 is 2.26 bits per heavy atom. The van der Waals surface area contributed by atoms with E-state index in [0.717, 1.165) is 0 Å². The third kappa shape index (κ3) is 3.78. The summed E-state index contributed by atoms with van der Waals surface area (Å²) in [6.45, 7) is 1.15. The number of rotatable bonds is 3. The summed E-state index contributed by atoms with van der Waals surface area (Å²) in [5.74, 6) is 0. The molecule has 0 radical (unpaired) electrons. The van der Waals surface area contributed by atoms with Gasteiger partial charge in [0.1, 0.15) is 0 Å². The smallest absolute Gasteiger partial charge is 0.407 e. The number of hydrogen-bond donors (Lipinski definition) is 2. The highest BCUT2D eigenvalue weighted by Crippen LogP contribution is 2.34. The number of carbonyl (C=O) groups excluding carboxylic acids is 1. The number of amides is 1. The molecule has 23 heavy (non-hydrogen) atoms. The van der Waals surface area contributed by atoms with E-state index in [9.17, 15) is 4.79 Å². The third-order valence-electron chi connectivity index (χ3n) is 3.90. The molecule has 1 aliphatic heterocycles. The first-order chi connectivity index (χ1) is 11.0. The number of piperidine rings is 1. The van der Waals surface area contributed by atoms with Gasteiger partial charge in [-0.2, -0.15) is 5.26 Å². The van der Waals surface area contributed by atoms with Crippen molar-refractivity contribution in [2.75, 3.05) is 37.9 Å². The summed E-state index contributed by atoms with van der Waals surface area (Å²) >= 11 is 6.28. The fourth-order valence-electron chi connectivity index (χ4n) is 2.68. The van der Waals surface area contributed by atoms with Crippen molar-refractivity contribution < 1.29 is 14.3 Å². The number of nitrogens with one attached hydrogen (secondary N) is 1. The van der Waals surface area contributed by atoms with Crippen LogP contribution in [0.15, 0.2) is 12.1 Å². The zero-order valence-corrected chi connectivity index (χ0v) is 13.8. The summed E-state index contributed by atoms with van der Waals surface area (Å²) in [7, 11) is 2.91. The molecule has 1 amide bonds. The largest absolute Gasteiger partial charge is 0.453 e. The van der Waals surface area contributed by atoms with Gasteiger partial charge >= 0.3 is 6.09 Å². The zero-order valence-electron chi connectivity index (χ0n) is 13.0. The summed E-state index contributed by atoms with van der Waals surface area (Å²) < 4.78 is 10.1. The van der Waals surface area contributed by atoms with E-state index in [0.29, 0.717) is 41.5 Å². The number of ether oxygens (including phenoxy) is 2. The lowest BCUT2D eigenvalue weighted by molar-refractivity contribution is 0.0578. The Hall–Kier alpha value is -2.17. The average Bonchev–Trinajstić information content (AvgIpc) is 2.57. The molecule has 0 aliphatic carbocycles. The average molecular weight is 339 g/mol. The van der Waals surface area contributed by atoms with E-state index in [1.807, 2.05) is 4.90 Å². The van der Waals surface area contributed by atoms with E-state index in [1.165, 1.54) is 7.11 Å². The van der Waals surface area contributed by atoms with E-state index in [4.69, 9.17) is 27.3 Å². The lowest BCUT2D eigenvalue weighted by Gasteiger charge is -2.39. The van der Waals surface area contributed by atoms with Crippen molar-refractivity contribution >= 4 is 29.1 Å². The minimum atomic E-state index is -0.487. The highest BCUT2D eigenvalue weighted by molar-refractivity contribution is 6.35. The highest BCUT2D eigenvalue weighted by Gasteiger charge is 2.31. The number of methoxy groups -OCH3 is 2. The predicted octanol–water partition coefficient (Wildman–Crippen LogP) is 1.74. The van der Waals surface area contributed by atoms with Crippen LogP contribution in [0.3, 0.4) is 0 Å². The second-order valence-electron chi connectivity index (χ2n) is 5.26. The number of carbonyl (C=O) groups is 1. The quantitative estimate of drug-likeness (QED) is 0.814. The van der Waals surface area contributed by atoms with E-state index < -0.39 is 6.09 Å². The number of hydrogen-bond acceptors (Lipinski definition) is 6. The lowest BCUT2D eigenvalue weighted by atomic mass is 10.0. The van der Waals surface area contributed by atoms with Gasteiger partial charge in [0.2, 0.25) is 0 Å². The maximum absolute atomic E-state index is 11.4. The minimum absolute atomic E-state index is 0.154. The number of benzene rings is 1. The SMILES string of the molecule is COC(=O)N[C@@H]1CCN(c2cc(C#N)cc(N)c2Cl)C[C@H]1OC. The van der Waals surface area contributed by atoms with Crippen molar-refractivity contribution in [3.8, 4) is 6.07 Å². The van der Waals surface area contributed by atoms with Crippen LogP contribution in [0.1, 0.15) is 12.0 Å². The Labute approximate surface area is 139 Å². The van der Waals surface area contributed by atoms with Crippen LogP contribution in [-0.2, 0) is 9.47 Å². The first kappa shape index (κ1) is 17.2. The van der Waals surface area contributed by atoms with E-state index in [1.54, 1.807) is 19.2 Å². The van der Waals surface area contributed by atoms with Gasteiger partial charge in [-0.15, -0.1) is 0 Å². The van der Waals surface area contributed by atoms with Gasteiger partial charge in [0.25, 0.3) is 0 Å². The summed E-state index contributed by atoms with van der Waals surface area (Å²) in [4.78, 5) is 13.4. The van der Waals surface area contributed by atoms with E-state index >= 15 is 0 Å². The predicted molar refractivity (Wildman–Crippen MR) is 87.5 cm³/mol. The van der Waals surface area contributed by atoms with Crippen LogP contribution in [-0.4, -0.2) is 45.5 Å². The van der Waals surface area contributed by atoms with Gasteiger partial charge in [-0.3, -0.25) is 0 Å². The second-order valence-corrected chi connectivity index (χ2v) is 5.64. The molecule has 3 N–H and O–H groups in total. The molecule has 7 nitrogen and oxygen atoms in total. The normalized spacial score (nSPS) is 20.7. The first-order valence-electron chi connectivity index (χ1n) is 7.11. The van der Waals surface area contributed by atoms with Crippen LogP contribution in [0.2, 0.25) is 5.02 Å². The van der Waals surface area contributed by atoms with E-state index in [2.05, 4.69) is 16.1 Å². The first-order valence-corrected chi connectivity index (χ1v) is 7.49. The maximum atomic E-state index is 11.4. The number of alkyl carbamates (subject to hydrolysis) is 1. The van der Waals surface area contributed by atoms with Crippen LogP contribution in [0.25, 0.3) is 0 Å². The fraction of sp³-hybridized carbons (Fsp3) is 0.467. The van der Waals surface area contributed by atoms with Gasteiger partial charge in [0.15, 0.2) is 0 Å². The summed E-state index contributed by atoms with van der Waals surface area (Å²) in [5, 5.41) is 12.3. The summed E-state index contributed by atoms with van der Waals surface area (Å²) in [5.41, 5.74) is 7.38. The third-order valence-corrected chi connectivity index (χ3v) is 4.31. The molecule has 2 atom stereocenters. The number of nitrogens with zero attached hydrogens (tertiary/aromatic N) is 2. The van der Waals surface area contributed by atoms with Crippen molar-refractivity contribution in [3.63, 3.8) is 0 Å². The number of anilines is 2. The van der Waals surface area contributed by atoms with Crippen LogP contribution < -0.4 is 16.0 Å². The zero-order chi connectivity index (χ0) is 17.0. The molecule has 1 aromatic rings. The molecule has 1 saturated heterocycles. The van der Waals surface area contributed by atoms with Gasteiger partial charge in [0.05, 0.1) is 47.3 Å². The monoisotopic (exact) mass is 338 g/mol. The number of nitrogens with two attached hydrogens (primary N) is 1. The molecule has 8 heteroatoms. The van der Waals surface area contributed by atoms with Crippen LogP contribution in [0.5, 0.6) is 0 Å². The van der Waals surface area contributed by atoms with Gasteiger partial charge in [-0.1, -0.05) is 11.6 Å². The maximum Gasteiger partial charge on any atom is 0.407 e. The summed E-state index contributed by atoms with van der Waals surface area (Å²) in [6.07, 6.45) is -0.0641.